The molecule has 6 heteroatoms. The van der Waals surface area contributed by atoms with Gasteiger partial charge in [0.1, 0.15) is 6.61 Å². The van der Waals surface area contributed by atoms with Crippen molar-refractivity contribution in [1.82, 2.24) is 19.6 Å². The monoisotopic (exact) mass is 298 g/mol. The first kappa shape index (κ1) is 14.5. The molecule has 0 radical (unpaired) electrons. The molecule has 3 aromatic heterocycles. The minimum absolute atomic E-state index is 0.343. The molecule has 0 aromatic carbocycles. The first-order valence-corrected chi connectivity index (χ1v) is 7.26. The van der Waals surface area contributed by atoms with Crippen LogP contribution in [0.1, 0.15) is 24.6 Å². The molecule has 0 amide bonds. The second-order valence-electron chi connectivity index (χ2n) is 5.22. The Hall–Kier alpha value is -2.47. The van der Waals surface area contributed by atoms with Gasteiger partial charge in [0.15, 0.2) is 5.65 Å². The summed E-state index contributed by atoms with van der Waals surface area (Å²) in [6, 6.07) is 7.54. The Balaban J connectivity index is 1.82. The number of ether oxygens (including phenoxy) is 1. The molecular formula is C16H18N4O2. The molecule has 0 aliphatic carbocycles. The Morgan fingerprint density at radius 2 is 2.05 bits per heavy atom. The highest BCUT2D eigenvalue weighted by Crippen LogP contribution is 2.17. The van der Waals surface area contributed by atoms with Crippen molar-refractivity contribution in [2.75, 3.05) is 0 Å². The van der Waals surface area contributed by atoms with Crippen molar-refractivity contribution in [3.05, 3.63) is 54.1 Å². The maximum absolute atomic E-state index is 9.43. The summed E-state index contributed by atoms with van der Waals surface area (Å²) in [5.74, 6) is 0.646. The summed E-state index contributed by atoms with van der Waals surface area (Å²) in [7, 11) is 0. The Bertz CT molecular complexity index is 740. The standard InChI is InChI=1S/C16H18N4O2/c1-12(21)2-3-14-10-16(20-15(19-14)6-9-18-20)22-11-13-4-7-17-8-5-13/h4-10,12,21H,2-3,11H2,1H3. The normalized spacial score (nSPS) is 12.5. The van der Waals surface area contributed by atoms with E-state index in [1.807, 2.05) is 24.3 Å². The summed E-state index contributed by atoms with van der Waals surface area (Å²) >= 11 is 0. The van der Waals surface area contributed by atoms with Crippen molar-refractivity contribution < 1.29 is 9.84 Å². The number of aryl methyl sites for hydroxylation is 1. The highest BCUT2D eigenvalue weighted by Gasteiger charge is 2.09. The van der Waals surface area contributed by atoms with Gasteiger partial charge in [-0.25, -0.2) is 4.98 Å². The van der Waals surface area contributed by atoms with Crippen LogP contribution in [0, 0.1) is 0 Å². The Morgan fingerprint density at radius 3 is 2.82 bits per heavy atom. The first-order valence-electron chi connectivity index (χ1n) is 7.26. The molecule has 3 heterocycles. The zero-order chi connectivity index (χ0) is 15.4. The first-order chi connectivity index (χ1) is 10.7. The van der Waals surface area contributed by atoms with Crippen molar-refractivity contribution in [2.45, 2.75) is 32.5 Å². The smallest absolute Gasteiger partial charge is 0.218 e. The average Bonchev–Trinajstić information content (AvgIpc) is 3.00. The molecular weight excluding hydrogens is 280 g/mol. The fraction of sp³-hybridized carbons (Fsp3) is 0.312. The fourth-order valence-electron chi connectivity index (χ4n) is 2.16. The van der Waals surface area contributed by atoms with Crippen LogP contribution in [0.15, 0.2) is 42.9 Å². The highest BCUT2D eigenvalue weighted by molar-refractivity contribution is 5.41. The predicted octanol–water partition coefficient (Wildman–Crippen LogP) is 2.02. The van der Waals surface area contributed by atoms with Crippen LogP contribution in [0.5, 0.6) is 5.88 Å². The van der Waals surface area contributed by atoms with Gasteiger partial charge in [0.2, 0.25) is 5.88 Å². The molecule has 114 valence electrons. The van der Waals surface area contributed by atoms with Gasteiger partial charge in [0.25, 0.3) is 0 Å². The summed E-state index contributed by atoms with van der Waals surface area (Å²) < 4.78 is 7.55. The minimum atomic E-state index is -0.343. The maximum atomic E-state index is 9.43. The SMILES string of the molecule is CC(O)CCc1cc(OCc2ccncc2)n2nccc2n1. The third-order valence-electron chi connectivity index (χ3n) is 3.33. The Morgan fingerprint density at radius 1 is 1.23 bits per heavy atom. The number of aliphatic hydroxyl groups is 1. The van der Waals surface area contributed by atoms with E-state index in [4.69, 9.17) is 4.74 Å². The van der Waals surface area contributed by atoms with E-state index in [1.165, 1.54) is 0 Å². The van der Waals surface area contributed by atoms with E-state index in [0.717, 1.165) is 16.9 Å². The maximum Gasteiger partial charge on any atom is 0.218 e. The lowest BCUT2D eigenvalue weighted by Crippen LogP contribution is -2.07. The number of aliphatic hydroxyl groups excluding tert-OH is 1. The van der Waals surface area contributed by atoms with Crippen molar-refractivity contribution in [3.63, 3.8) is 0 Å². The van der Waals surface area contributed by atoms with Gasteiger partial charge >= 0.3 is 0 Å². The molecule has 0 aliphatic heterocycles. The number of fused-ring (bicyclic) bond motifs is 1. The molecule has 0 fully saturated rings. The Labute approximate surface area is 128 Å². The van der Waals surface area contributed by atoms with E-state index in [2.05, 4.69) is 15.1 Å². The molecule has 3 rings (SSSR count). The van der Waals surface area contributed by atoms with E-state index in [0.29, 0.717) is 25.3 Å². The van der Waals surface area contributed by atoms with Gasteiger partial charge in [-0.3, -0.25) is 4.98 Å². The van der Waals surface area contributed by atoms with E-state index in [1.54, 1.807) is 30.0 Å². The molecule has 0 saturated carbocycles. The van der Waals surface area contributed by atoms with Gasteiger partial charge in [-0.05, 0) is 37.5 Å². The zero-order valence-electron chi connectivity index (χ0n) is 12.4. The van der Waals surface area contributed by atoms with Crippen LogP contribution in [0.25, 0.3) is 5.65 Å². The largest absolute Gasteiger partial charge is 0.473 e. The van der Waals surface area contributed by atoms with Crippen LogP contribution in [0.3, 0.4) is 0 Å². The van der Waals surface area contributed by atoms with E-state index in [-0.39, 0.29) is 6.10 Å². The number of hydrogen-bond donors (Lipinski definition) is 1. The second kappa shape index (κ2) is 6.53. The molecule has 6 nitrogen and oxygen atoms in total. The van der Waals surface area contributed by atoms with Gasteiger partial charge in [0, 0.05) is 30.2 Å². The number of hydrogen-bond acceptors (Lipinski definition) is 5. The van der Waals surface area contributed by atoms with Gasteiger partial charge < -0.3 is 9.84 Å². The summed E-state index contributed by atoms with van der Waals surface area (Å²) in [6.07, 6.45) is 6.20. The van der Waals surface area contributed by atoms with E-state index in [9.17, 15) is 5.11 Å². The third-order valence-corrected chi connectivity index (χ3v) is 3.33. The molecule has 0 aliphatic rings. The highest BCUT2D eigenvalue weighted by atomic mass is 16.5. The van der Waals surface area contributed by atoms with Gasteiger partial charge in [-0.15, -0.1) is 0 Å². The second-order valence-corrected chi connectivity index (χ2v) is 5.22. The van der Waals surface area contributed by atoms with Crippen molar-refractivity contribution >= 4 is 5.65 Å². The summed E-state index contributed by atoms with van der Waals surface area (Å²) in [5.41, 5.74) is 2.67. The van der Waals surface area contributed by atoms with Crippen LogP contribution in [0.4, 0.5) is 0 Å². The number of nitrogens with zero attached hydrogens (tertiary/aromatic N) is 4. The van der Waals surface area contributed by atoms with E-state index >= 15 is 0 Å². The van der Waals surface area contributed by atoms with Gasteiger partial charge in [0.05, 0.1) is 12.3 Å². The van der Waals surface area contributed by atoms with Crippen LogP contribution >= 0.6 is 0 Å². The number of pyridine rings is 1. The lowest BCUT2D eigenvalue weighted by atomic mass is 10.1. The fourth-order valence-corrected chi connectivity index (χ4v) is 2.16. The average molecular weight is 298 g/mol. The predicted molar refractivity (Wildman–Crippen MR) is 81.6 cm³/mol. The van der Waals surface area contributed by atoms with Crippen LogP contribution in [-0.4, -0.2) is 30.8 Å². The minimum Gasteiger partial charge on any atom is -0.473 e. The molecule has 1 atom stereocenters. The molecule has 1 N–H and O–H groups in total. The molecule has 0 bridgehead atoms. The number of rotatable bonds is 6. The summed E-state index contributed by atoms with van der Waals surface area (Å²) in [4.78, 5) is 8.51. The van der Waals surface area contributed by atoms with Crippen molar-refractivity contribution in [2.24, 2.45) is 0 Å². The summed E-state index contributed by atoms with van der Waals surface area (Å²) in [6.45, 7) is 2.22. The lowest BCUT2D eigenvalue weighted by Gasteiger charge is -2.10. The quantitative estimate of drug-likeness (QED) is 0.753. The van der Waals surface area contributed by atoms with Crippen LogP contribution in [-0.2, 0) is 13.0 Å². The molecule has 0 saturated heterocycles. The molecule has 22 heavy (non-hydrogen) atoms. The van der Waals surface area contributed by atoms with Crippen LogP contribution < -0.4 is 4.74 Å². The van der Waals surface area contributed by atoms with Gasteiger partial charge in [-0.2, -0.15) is 9.61 Å². The molecule has 0 spiro atoms. The van der Waals surface area contributed by atoms with Crippen LogP contribution in [0.2, 0.25) is 0 Å². The third kappa shape index (κ3) is 3.40. The molecule has 1 unspecified atom stereocenters. The van der Waals surface area contributed by atoms with Crippen molar-refractivity contribution in [3.8, 4) is 5.88 Å². The van der Waals surface area contributed by atoms with Crippen molar-refractivity contribution in [1.29, 1.82) is 0 Å². The lowest BCUT2D eigenvalue weighted by molar-refractivity contribution is 0.184. The Kier molecular flexibility index (Phi) is 4.29. The summed E-state index contributed by atoms with van der Waals surface area (Å²) in [5, 5.41) is 13.7. The number of aromatic nitrogens is 4. The van der Waals surface area contributed by atoms with Gasteiger partial charge in [-0.1, -0.05) is 0 Å². The van der Waals surface area contributed by atoms with E-state index < -0.39 is 0 Å². The molecule has 3 aromatic rings. The zero-order valence-corrected chi connectivity index (χ0v) is 12.4. The topological polar surface area (TPSA) is 72.5 Å².